The molecule has 0 amide bonds. The number of hydrogen-bond acceptors (Lipinski definition) is 1. The SMILES string of the molecule is C#C/C(C=C)=C(/C=C\C)C(\C)=C(/C)N(C)CC. The van der Waals surface area contributed by atoms with Crippen LogP contribution in [0, 0.1) is 12.3 Å². The van der Waals surface area contributed by atoms with Crippen LogP contribution in [0.1, 0.15) is 27.7 Å². The lowest BCUT2D eigenvalue weighted by Gasteiger charge is -2.21. The van der Waals surface area contributed by atoms with E-state index in [4.69, 9.17) is 6.42 Å². The van der Waals surface area contributed by atoms with Gasteiger partial charge in [0.1, 0.15) is 0 Å². The van der Waals surface area contributed by atoms with Crippen molar-refractivity contribution in [2.45, 2.75) is 27.7 Å². The molecule has 92 valence electrons. The first-order chi connectivity index (χ1) is 8.03. The van der Waals surface area contributed by atoms with Gasteiger partial charge in [0.25, 0.3) is 0 Å². The lowest BCUT2D eigenvalue weighted by molar-refractivity contribution is 0.439. The van der Waals surface area contributed by atoms with E-state index in [0.29, 0.717) is 0 Å². The third-order valence-electron chi connectivity index (χ3n) is 2.98. The molecule has 0 radical (unpaired) electrons. The largest absolute Gasteiger partial charge is 0.378 e. The zero-order chi connectivity index (χ0) is 13.4. The molecule has 0 aliphatic rings. The van der Waals surface area contributed by atoms with Gasteiger partial charge in [0, 0.05) is 24.9 Å². The highest BCUT2D eigenvalue weighted by atomic mass is 15.1. The molecule has 0 heterocycles. The lowest BCUT2D eigenvalue weighted by atomic mass is 9.99. The molecular formula is C16H23N. The fraction of sp³-hybridized carbons (Fsp3) is 0.375. The number of hydrogen-bond donors (Lipinski definition) is 0. The van der Waals surface area contributed by atoms with Crippen LogP contribution in [0.15, 0.2) is 47.2 Å². The Kier molecular flexibility index (Phi) is 6.82. The topological polar surface area (TPSA) is 3.24 Å². The van der Waals surface area contributed by atoms with Gasteiger partial charge in [-0.25, -0.2) is 0 Å². The van der Waals surface area contributed by atoms with Gasteiger partial charge in [-0.2, -0.15) is 0 Å². The molecule has 0 saturated carbocycles. The lowest BCUT2D eigenvalue weighted by Crippen LogP contribution is -2.16. The van der Waals surface area contributed by atoms with Gasteiger partial charge in [-0.3, -0.25) is 0 Å². The predicted molar refractivity (Wildman–Crippen MR) is 77.5 cm³/mol. The average Bonchev–Trinajstić information content (AvgIpc) is 2.36. The molecule has 0 bridgehead atoms. The highest BCUT2D eigenvalue weighted by Gasteiger charge is 2.07. The van der Waals surface area contributed by atoms with Crippen LogP contribution in [0.5, 0.6) is 0 Å². The van der Waals surface area contributed by atoms with Crippen molar-refractivity contribution in [2.75, 3.05) is 13.6 Å². The van der Waals surface area contributed by atoms with Crippen molar-refractivity contribution < 1.29 is 0 Å². The van der Waals surface area contributed by atoms with Crippen LogP contribution in [0.3, 0.4) is 0 Å². The van der Waals surface area contributed by atoms with E-state index in [-0.39, 0.29) is 0 Å². The highest BCUT2D eigenvalue weighted by molar-refractivity contribution is 5.53. The minimum Gasteiger partial charge on any atom is -0.378 e. The molecule has 0 aliphatic heterocycles. The first-order valence-electron chi connectivity index (χ1n) is 5.88. The minimum absolute atomic E-state index is 0.837. The number of nitrogens with zero attached hydrogens (tertiary/aromatic N) is 1. The molecule has 0 spiro atoms. The van der Waals surface area contributed by atoms with Gasteiger partial charge in [-0.1, -0.05) is 30.7 Å². The Labute approximate surface area is 106 Å². The fourth-order valence-corrected chi connectivity index (χ4v) is 1.55. The number of terminal acetylenes is 1. The molecule has 1 nitrogen and oxygen atoms in total. The summed E-state index contributed by atoms with van der Waals surface area (Å²) in [5.41, 5.74) is 4.34. The molecule has 0 aliphatic carbocycles. The van der Waals surface area contributed by atoms with E-state index >= 15 is 0 Å². The smallest absolute Gasteiger partial charge is 0.0312 e. The van der Waals surface area contributed by atoms with Crippen LogP contribution in [0.4, 0.5) is 0 Å². The fourth-order valence-electron chi connectivity index (χ4n) is 1.55. The number of allylic oxidation sites excluding steroid dienone is 7. The first kappa shape index (κ1) is 15.3. The Hall–Kier alpha value is -1.68. The van der Waals surface area contributed by atoms with E-state index in [0.717, 1.165) is 17.7 Å². The molecule has 0 aromatic carbocycles. The summed E-state index contributed by atoms with van der Waals surface area (Å²) >= 11 is 0. The molecular weight excluding hydrogens is 206 g/mol. The van der Waals surface area contributed by atoms with Crippen molar-refractivity contribution in [1.29, 1.82) is 0 Å². The molecule has 0 fully saturated rings. The normalized spacial score (nSPS) is 13.9. The van der Waals surface area contributed by atoms with Crippen LogP contribution in [0.25, 0.3) is 0 Å². The van der Waals surface area contributed by atoms with E-state index in [2.05, 4.69) is 45.2 Å². The zero-order valence-corrected chi connectivity index (χ0v) is 11.7. The highest BCUT2D eigenvalue weighted by Crippen LogP contribution is 2.21. The van der Waals surface area contributed by atoms with Crippen LogP contribution < -0.4 is 0 Å². The Bertz CT molecular complexity index is 400. The van der Waals surface area contributed by atoms with Crippen molar-refractivity contribution >= 4 is 0 Å². The van der Waals surface area contributed by atoms with Crippen LogP contribution in [-0.2, 0) is 0 Å². The van der Waals surface area contributed by atoms with Gasteiger partial charge in [-0.15, -0.1) is 6.42 Å². The maximum Gasteiger partial charge on any atom is 0.0312 e. The van der Waals surface area contributed by atoms with Gasteiger partial charge in [0.2, 0.25) is 0 Å². The second kappa shape index (κ2) is 7.57. The van der Waals surface area contributed by atoms with E-state index in [9.17, 15) is 0 Å². The number of rotatable bonds is 5. The Morgan fingerprint density at radius 2 is 2.00 bits per heavy atom. The first-order valence-corrected chi connectivity index (χ1v) is 5.88. The quantitative estimate of drug-likeness (QED) is 0.510. The van der Waals surface area contributed by atoms with Crippen molar-refractivity contribution in [1.82, 2.24) is 4.90 Å². The van der Waals surface area contributed by atoms with Gasteiger partial charge in [0.15, 0.2) is 0 Å². The molecule has 0 aromatic rings. The average molecular weight is 229 g/mol. The van der Waals surface area contributed by atoms with Gasteiger partial charge >= 0.3 is 0 Å². The summed E-state index contributed by atoms with van der Waals surface area (Å²) in [4.78, 5) is 2.20. The third kappa shape index (κ3) is 4.00. The molecule has 0 unspecified atom stereocenters. The van der Waals surface area contributed by atoms with E-state index in [1.54, 1.807) is 6.08 Å². The summed E-state index contributed by atoms with van der Waals surface area (Å²) in [5.74, 6) is 2.69. The third-order valence-corrected chi connectivity index (χ3v) is 2.98. The van der Waals surface area contributed by atoms with Gasteiger partial charge in [0.05, 0.1) is 0 Å². The monoisotopic (exact) mass is 229 g/mol. The van der Waals surface area contributed by atoms with Crippen molar-refractivity contribution in [3.8, 4) is 12.3 Å². The van der Waals surface area contributed by atoms with Crippen molar-refractivity contribution in [3.63, 3.8) is 0 Å². The van der Waals surface area contributed by atoms with E-state index in [1.165, 1.54) is 11.3 Å². The zero-order valence-electron chi connectivity index (χ0n) is 11.7. The maximum atomic E-state index is 5.51. The summed E-state index contributed by atoms with van der Waals surface area (Å²) in [5, 5.41) is 0. The molecule has 0 rings (SSSR count). The van der Waals surface area contributed by atoms with Gasteiger partial charge < -0.3 is 4.90 Å². The second-order valence-electron chi connectivity index (χ2n) is 3.90. The molecule has 0 atom stereocenters. The van der Waals surface area contributed by atoms with Crippen LogP contribution in [0.2, 0.25) is 0 Å². The molecule has 1 heteroatoms. The minimum atomic E-state index is 0.837. The maximum absolute atomic E-state index is 5.51. The summed E-state index contributed by atoms with van der Waals surface area (Å²) in [6.07, 6.45) is 11.3. The molecule has 0 aromatic heterocycles. The molecule has 0 saturated heterocycles. The van der Waals surface area contributed by atoms with Crippen molar-refractivity contribution in [2.24, 2.45) is 0 Å². The van der Waals surface area contributed by atoms with Gasteiger partial charge in [-0.05, 0) is 38.8 Å². The molecule has 0 N–H and O–H groups in total. The van der Waals surface area contributed by atoms with Crippen LogP contribution in [-0.4, -0.2) is 18.5 Å². The molecule has 17 heavy (non-hydrogen) atoms. The Morgan fingerprint density at radius 1 is 1.41 bits per heavy atom. The Morgan fingerprint density at radius 3 is 2.35 bits per heavy atom. The van der Waals surface area contributed by atoms with E-state index in [1.807, 2.05) is 19.1 Å². The summed E-state index contributed by atoms with van der Waals surface area (Å²) in [7, 11) is 2.08. The summed E-state index contributed by atoms with van der Waals surface area (Å²) in [6, 6.07) is 0. The predicted octanol–water partition coefficient (Wildman–Crippen LogP) is 3.92. The van der Waals surface area contributed by atoms with E-state index < -0.39 is 0 Å². The summed E-state index contributed by atoms with van der Waals surface area (Å²) in [6.45, 7) is 13.1. The summed E-state index contributed by atoms with van der Waals surface area (Å²) < 4.78 is 0. The van der Waals surface area contributed by atoms with Crippen LogP contribution >= 0.6 is 0 Å². The Balaban J connectivity index is 5.76. The second-order valence-corrected chi connectivity index (χ2v) is 3.90. The standard InChI is InChI=1S/C16H23N/c1-8-12-16(15(9-2)10-3)13(5)14(6)17(7)11-4/h2,8,10,12H,3,11H2,1,4-7H3/b12-8-,14-13+,16-15+. The van der Waals surface area contributed by atoms with Crippen molar-refractivity contribution in [3.05, 3.63) is 47.2 Å².